The Morgan fingerprint density at radius 1 is 1.50 bits per heavy atom. The maximum absolute atomic E-state index is 10.6. The highest BCUT2D eigenvalue weighted by Crippen LogP contribution is 2.00. The Kier molecular flexibility index (Phi) is 7.11. The minimum absolute atomic E-state index is 0.461. The summed E-state index contributed by atoms with van der Waals surface area (Å²) in [6.07, 6.45) is 4.62. The molecule has 0 rings (SSSR count). The number of hydrogen-bond donors (Lipinski definition) is 2. The summed E-state index contributed by atoms with van der Waals surface area (Å²) in [6, 6.07) is 0.461. The summed E-state index contributed by atoms with van der Waals surface area (Å²) in [6.45, 7) is 6.76. The molecular weight excluding hydrogens is 178 g/mol. The molecule has 0 amide bonds. The summed E-state index contributed by atoms with van der Waals surface area (Å²) >= 11 is 0. The third kappa shape index (κ3) is 5.75. The summed E-state index contributed by atoms with van der Waals surface area (Å²) in [7, 11) is 0. The van der Waals surface area contributed by atoms with Gasteiger partial charge in [0.15, 0.2) is 0 Å². The van der Waals surface area contributed by atoms with E-state index in [0.29, 0.717) is 24.6 Å². The minimum atomic E-state index is -0.808. The van der Waals surface area contributed by atoms with Crippen LogP contribution in [0.2, 0.25) is 0 Å². The molecule has 0 heterocycles. The molecule has 3 heteroatoms. The monoisotopic (exact) mass is 199 g/mol. The van der Waals surface area contributed by atoms with Crippen molar-refractivity contribution in [1.29, 1.82) is 0 Å². The number of carbonyl (C=O) groups is 1. The van der Waals surface area contributed by atoms with Crippen molar-refractivity contribution in [2.75, 3.05) is 6.54 Å². The maximum atomic E-state index is 10.6. The highest BCUT2D eigenvalue weighted by molar-refractivity contribution is 5.86. The van der Waals surface area contributed by atoms with E-state index in [2.05, 4.69) is 19.2 Å². The topological polar surface area (TPSA) is 49.3 Å². The van der Waals surface area contributed by atoms with Crippen molar-refractivity contribution in [1.82, 2.24) is 5.32 Å². The van der Waals surface area contributed by atoms with Crippen LogP contribution in [-0.4, -0.2) is 23.7 Å². The smallest absolute Gasteiger partial charge is 0.331 e. The molecule has 3 nitrogen and oxygen atoms in total. The van der Waals surface area contributed by atoms with E-state index < -0.39 is 5.97 Å². The molecule has 14 heavy (non-hydrogen) atoms. The lowest BCUT2D eigenvalue weighted by Crippen LogP contribution is -2.26. The molecule has 0 saturated carbocycles. The Bertz CT molecular complexity index is 199. The second-order valence-electron chi connectivity index (χ2n) is 3.49. The first kappa shape index (κ1) is 13.2. The van der Waals surface area contributed by atoms with Gasteiger partial charge < -0.3 is 10.4 Å². The third-order valence-corrected chi connectivity index (χ3v) is 2.19. The number of hydrogen-bond acceptors (Lipinski definition) is 2. The number of aliphatic carboxylic acids is 1. The average molecular weight is 199 g/mol. The second-order valence-corrected chi connectivity index (χ2v) is 3.49. The quantitative estimate of drug-likeness (QED) is 0.618. The van der Waals surface area contributed by atoms with Gasteiger partial charge in [-0.25, -0.2) is 4.79 Å². The van der Waals surface area contributed by atoms with E-state index in [0.717, 1.165) is 12.8 Å². The fourth-order valence-electron chi connectivity index (χ4n) is 1.30. The van der Waals surface area contributed by atoms with Crippen LogP contribution in [0.15, 0.2) is 11.6 Å². The van der Waals surface area contributed by atoms with Crippen LogP contribution < -0.4 is 5.32 Å². The van der Waals surface area contributed by atoms with Crippen LogP contribution >= 0.6 is 0 Å². The van der Waals surface area contributed by atoms with E-state index in [4.69, 9.17) is 5.11 Å². The fraction of sp³-hybridized carbons (Fsp3) is 0.727. The van der Waals surface area contributed by atoms with Crippen molar-refractivity contribution in [3.63, 3.8) is 0 Å². The lowest BCUT2D eigenvalue weighted by molar-refractivity contribution is -0.132. The highest BCUT2D eigenvalue weighted by atomic mass is 16.4. The molecule has 0 radical (unpaired) electrons. The molecular formula is C11H21NO2. The van der Waals surface area contributed by atoms with Crippen LogP contribution in [-0.2, 0) is 4.79 Å². The Morgan fingerprint density at radius 2 is 2.14 bits per heavy atom. The zero-order valence-electron chi connectivity index (χ0n) is 9.34. The second kappa shape index (κ2) is 7.56. The highest BCUT2D eigenvalue weighted by Gasteiger charge is 2.03. The summed E-state index contributed by atoms with van der Waals surface area (Å²) in [5, 5.41) is 12.0. The van der Waals surface area contributed by atoms with Gasteiger partial charge in [-0.15, -0.1) is 0 Å². The van der Waals surface area contributed by atoms with Crippen LogP contribution in [0, 0.1) is 0 Å². The molecule has 0 spiro atoms. The molecule has 0 aromatic heterocycles. The largest absolute Gasteiger partial charge is 0.478 e. The summed E-state index contributed by atoms with van der Waals surface area (Å²) in [5.41, 5.74) is 0.487. The van der Waals surface area contributed by atoms with Crippen molar-refractivity contribution in [3.05, 3.63) is 11.6 Å². The van der Waals surface area contributed by atoms with Gasteiger partial charge in [-0.05, 0) is 19.8 Å². The number of rotatable bonds is 7. The third-order valence-electron chi connectivity index (χ3n) is 2.19. The number of nitrogens with one attached hydrogen (secondary N) is 1. The predicted molar refractivity (Wildman–Crippen MR) is 58.4 cm³/mol. The molecule has 0 saturated heterocycles. The Morgan fingerprint density at radius 3 is 2.57 bits per heavy atom. The molecule has 0 aliphatic rings. The predicted octanol–water partition coefficient (Wildman–Crippen LogP) is 2.19. The van der Waals surface area contributed by atoms with Gasteiger partial charge >= 0.3 is 5.97 Å². The normalized spacial score (nSPS) is 14.1. The molecule has 1 unspecified atom stereocenters. The van der Waals surface area contributed by atoms with Gasteiger partial charge in [-0.3, -0.25) is 0 Å². The molecule has 1 atom stereocenters. The van der Waals surface area contributed by atoms with Crippen LogP contribution in [0.3, 0.4) is 0 Å². The molecule has 0 bridgehead atoms. The van der Waals surface area contributed by atoms with E-state index in [1.807, 2.05) is 6.92 Å². The van der Waals surface area contributed by atoms with Crippen LogP contribution in [0.4, 0.5) is 0 Å². The minimum Gasteiger partial charge on any atom is -0.478 e. The van der Waals surface area contributed by atoms with Crippen molar-refractivity contribution in [2.45, 2.75) is 46.1 Å². The van der Waals surface area contributed by atoms with E-state index >= 15 is 0 Å². The van der Waals surface area contributed by atoms with Gasteiger partial charge in [-0.1, -0.05) is 26.3 Å². The van der Waals surface area contributed by atoms with E-state index in [9.17, 15) is 4.79 Å². The lowest BCUT2D eigenvalue weighted by Gasteiger charge is -2.10. The van der Waals surface area contributed by atoms with Crippen LogP contribution in [0.5, 0.6) is 0 Å². The van der Waals surface area contributed by atoms with Crippen molar-refractivity contribution >= 4 is 5.97 Å². The maximum Gasteiger partial charge on any atom is 0.331 e. The molecule has 2 N–H and O–H groups in total. The Labute approximate surface area is 86.2 Å². The van der Waals surface area contributed by atoms with Crippen LogP contribution in [0.25, 0.3) is 0 Å². The van der Waals surface area contributed by atoms with E-state index in [1.165, 1.54) is 0 Å². The fourth-order valence-corrected chi connectivity index (χ4v) is 1.30. The molecule has 0 fully saturated rings. The zero-order valence-corrected chi connectivity index (χ0v) is 9.34. The average Bonchev–Trinajstić information content (AvgIpc) is 2.12. The zero-order chi connectivity index (χ0) is 11.0. The van der Waals surface area contributed by atoms with Gasteiger partial charge in [-0.2, -0.15) is 0 Å². The van der Waals surface area contributed by atoms with Gasteiger partial charge in [0.2, 0.25) is 0 Å². The first-order valence-corrected chi connectivity index (χ1v) is 5.27. The standard InChI is InChI=1S/C11H21NO2/c1-4-6-9(3)12-8-7-10(5-2)11(13)14/h7,9,12H,4-6,8H2,1-3H3,(H,13,14)/b10-7-. The summed E-state index contributed by atoms with van der Waals surface area (Å²) < 4.78 is 0. The molecule has 0 aliphatic heterocycles. The summed E-state index contributed by atoms with van der Waals surface area (Å²) in [5.74, 6) is -0.808. The van der Waals surface area contributed by atoms with Gasteiger partial charge in [0.1, 0.15) is 0 Å². The molecule has 82 valence electrons. The lowest BCUT2D eigenvalue weighted by atomic mass is 10.1. The van der Waals surface area contributed by atoms with Gasteiger partial charge in [0.05, 0.1) is 0 Å². The van der Waals surface area contributed by atoms with E-state index in [1.54, 1.807) is 6.08 Å². The SMILES string of the molecule is CCCC(C)NC/C=C(/CC)C(=O)O. The van der Waals surface area contributed by atoms with Crippen molar-refractivity contribution in [2.24, 2.45) is 0 Å². The van der Waals surface area contributed by atoms with Crippen LogP contribution in [0.1, 0.15) is 40.0 Å². The first-order chi connectivity index (χ1) is 6.61. The van der Waals surface area contributed by atoms with E-state index in [-0.39, 0.29) is 0 Å². The number of carboxylic acids is 1. The molecule has 0 aliphatic carbocycles. The Balaban J connectivity index is 3.84. The van der Waals surface area contributed by atoms with Crippen molar-refractivity contribution in [3.8, 4) is 0 Å². The molecule has 0 aromatic rings. The Hall–Kier alpha value is -0.830. The van der Waals surface area contributed by atoms with Crippen molar-refractivity contribution < 1.29 is 9.90 Å². The van der Waals surface area contributed by atoms with Gasteiger partial charge in [0, 0.05) is 18.2 Å². The summed E-state index contributed by atoms with van der Waals surface area (Å²) in [4.78, 5) is 10.6. The number of carboxylic acid groups (broad SMARTS) is 1. The molecule has 0 aromatic carbocycles. The van der Waals surface area contributed by atoms with Gasteiger partial charge in [0.25, 0.3) is 0 Å². The first-order valence-electron chi connectivity index (χ1n) is 5.27.